The van der Waals surface area contributed by atoms with Gasteiger partial charge in [0.05, 0.1) is 13.2 Å². The van der Waals surface area contributed by atoms with Crippen LogP contribution in [-0.4, -0.2) is 12.2 Å². The summed E-state index contributed by atoms with van der Waals surface area (Å²) in [5.74, 6) is 1.34. The third-order valence-electron chi connectivity index (χ3n) is 3.31. The van der Waals surface area contributed by atoms with Crippen molar-refractivity contribution in [2.45, 2.75) is 25.7 Å². The van der Waals surface area contributed by atoms with E-state index in [-0.39, 0.29) is 11.7 Å². The van der Waals surface area contributed by atoms with Gasteiger partial charge in [0.2, 0.25) is 0 Å². The lowest BCUT2D eigenvalue weighted by Gasteiger charge is -2.14. The Labute approximate surface area is 117 Å². The molecular weight excluding hydrogens is 256 g/mol. The van der Waals surface area contributed by atoms with Gasteiger partial charge in [-0.15, -0.1) is 0 Å². The zero-order valence-electron chi connectivity index (χ0n) is 11.6. The minimum Gasteiger partial charge on any atom is -0.508 e. The van der Waals surface area contributed by atoms with Crippen LogP contribution in [0.5, 0.6) is 11.5 Å². The number of hydrogen-bond acceptors (Lipinski definition) is 4. The Balaban J connectivity index is 2.21. The fourth-order valence-corrected chi connectivity index (χ4v) is 2.18. The van der Waals surface area contributed by atoms with Crippen molar-refractivity contribution in [3.63, 3.8) is 0 Å². The number of methoxy groups -OCH3 is 1. The molecule has 2 rings (SSSR count). The van der Waals surface area contributed by atoms with Crippen molar-refractivity contribution < 1.29 is 14.3 Å². The Morgan fingerprint density at radius 3 is 2.50 bits per heavy atom. The molecule has 106 valence electrons. The van der Waals surface area contributed by atoms with Crippen molar-refractivity contribution in [1.82, 2.24) is 0 Å². The summed E-state index contributed by atoms with van der Waals surface area (Å²) < 4.78 is 10.3. The van der Waals surface area contributed by atoms with Gasteiger partial charge in [0.1, 0.15) is 17.3 Å². The van der Waals surface area contributed by atoms with Crippen molar-refractivity contribution in [1.29, 1.82) is 0 Å². The summed E-state index contributed by atoms with van der Waals surface area (Å²) in [4.78, 5) is 11.3. The van der Waals surface area contributed by atoms with Gasteiger partial charge in [0, 0.05) is 12.0 Å². The molecule has 0 bridgehead atoms. The van der Waals surface area contributed by atoms with Crippen LogP contribution in [0.15, 0.2) is 45.6 Å². The standard InChI is InChI=1S/C16H18O4/c1-3-12(15-9-13(17)10-16(18)20-15)8-11-4-6-14(19-2)7-5-11/h4-7,9-10,12,17H,3,8H2,1-2H3. The number of ether oxygens (including phenoxy) is 1. The minimum atomic E-state index is -0.520. The summed E-state index contributed by atoms with van der Waals surface area (Å²) in [5, 5.41) is 9.50. The van der Waals surface area contributed by atoms with Gasteiger partial charge in [-0.3, -0.25) is 0 Å². The molecule has 2 aromatic rings. The van der Waals surface area contributed by atoms with Gasteiger partial charge >= 0.3 is 5.63 Å². The smallest absolute Gasteiger partial charge is 0.339 e. The minimum absolute atomic E-state index is 0.0515. The van der Waals surface area contributed by atoms with Gasteiger partial charge in [-0.05, 0) is 30.5 Å². The number of aromatic hydroxyl groups is 1. The zero-order chi connectivity index (χ0) is 14.5. The van der Waals surface area contributed by atoms with E-state index in [1.54, 1.807) is 7.11 Å². The molecular formula is C16H18O4. The summed E-state index contributed by atoms with van der Waals surface area (Å²) in [6.07, 6.45) is 1.56. The molecule has 20 heavy (non-hydrogen) atoms. The van der Waals surface area contributed by atoms with Crippen LogP contribution < -0.4 is 10.4 Å². The normalized spacial score (nSPS) is 12.1. The Hall–Kier alpha value is -2.23. The maximum atomic E-state index is 11.3. The highest BCUT2D eigenvalue weighted by Gasteiger charge is 2.14. The average molecular weight is 274 g/mol. The molecule has 1 unspecified atom stereocenters. The van der Waals surface area contributed by atoms with Crippen molar-refractivity contribution in [3.8, 4) is 11.5 Å². The monoisotopic (exact) mass is 274 g/mol. The maximum absolute atomic E-state index is 11.3. The van der Waals surface area contributed by atoms with Gasteiger partial charge in [-0.2, -0.15) is 0 Å². The third kappa shape index (κ3) is 3.41. The van der Waals surface area contributed by atoms with Crippen molar-refractivity contribution >= 4 is 0 Å². The molecule has 1 heterocycles. The van der Waals surface area contributed by atoms with Crippen LogP contribution in [0.25, 0.3) is 0 Å². The highest BCUT2D eigenvalue weighted by molar-refractivity contribution is 5.29. The van der Waals surface area contributed by atoms with E-state index in [2.05, 4.69) is 0 Å². The Kier molecular flexibility index (Phi) is 4.45. The first-order chi connectivity index (χ1) is 9.62. The van der Waals surface area contributed by atoms with Gasteiger partial charge in [-0.1, -0.05) is 19.1 Å². The van der Waals surface area contributed by atoms with E-state index in [0.717, 1.165) is 30.2 Å². The molecule has 0 aliphatic carbocycles. The fourth-order valence-electron chi connectivity index (χ4n) is 2.18. The molecule has 0 saturated carbocycles. The predicted molar refractivity (Wildman–Crippen MR) is 76.4 cm³/mol. The molecule has 0 saturated heterocycles. The molecule has 0 amide bonds. The van der Waals surface area contributed by atoms with E-state index in [4.69, 9.17) is 9.15 Å². The van der Waals surface area contributed by atoms with Crippen LogP contribution in [0.1, 0.15) is 30.6 Å². The van der Waals surface area contributed by atoms with E-state index >= 15 is 0 Å². The van der Waals surface area contributed by atoms with E-state index in [1.807, 2.05) is 31.2 Å². The number of benzene rings is 1. The molecule has 0 aliphatic heterocycles. The maximum Gasteiger partial charge on any atom is 0.339 e. The van der Waals surface area contributed by atoms with Crippen molar-refractivity contribution in [2.24, 2.45) is 0 Å². The molecule has 0 aliphatic rings. The first kappa shape index (κ1) is 14.2. The van der Waals surface area contributed by atoms with Crippen LogP contribution in [0.3, 0.4) is 0 Å². The second-order valence-electron chi connectivity index (χ2n) is 4.69. The average Bonchev–Trinajstić information content (AvgIpc) is 2.44. The lowest BCUT2D eigenvalue weighted by Crippen LogP contribution is -2.06. The highest BCUT2D eigenvalue weighted by Crippen LogP contribution is 2.26. The zero-order valence-corrected chi connectivity index (χ0v) is 11.6. The lowest BCUT2D eigenvalue weighted by atomic mass is 9.94. The molecule has 0 spiro atoms. The van der Waals surface area contributed by atoms with E-state index in [9.17, 15) is 9.90 Å². The van der Waals surface area contributed by atoms with Crippen LogP contribution in [0.2, 0.25) is 0 Å². The molecule has 1 N–H and O–H groups in total. The van der Waals surface area contributed by atoms with E-state index in [1.165, 1.54) is 6.07 Å². The predicted octanol–water partition coefficient (Wildman–Crippen LogP) is 3.09. The summed E-state index contributed by atoms with van der Waals surface area (Å²) >= 11 is 0. The molecule has 0 fully saturated rings. The van der Waals surface area contributed by atoms with Crippen molar-refractivity contribution in [3.05, 3.63) is 58.1 Å². The Morgan fingerprint density at radius 2 is 1.95 bits per heavy atom. The summed E-state index contributed by atoms with van der Waals surface area (Å²) in [5.41, 5.74) is 0.608. The molecule has 1 aromatic heterocycles. The first-order valence-electron chi connectivity index (χ1n) is 6.59. The molecule has 1 atom stereocenters. The second kappa shape index (κ2) is 6.28. The Morgan fingerprint density at radius 1 is 1.25 bits per heavy atom. The SMILES string of the molecule is CCC(Cc1ccc(OC)cc1)c1cc(O)cc(=O)o1. The second-order valence-corrected chi connectivity index (χ2v) is 4.69. The molecule has 4 nitrogen and oxygen atoms in total. The largest absolute Gasteiger partial charge is 0.508 e. The van der Waals surface area contributed by atoms with Crippen molar-refractivity contribution in [2.75, 3.05) is 7.11 Å². The quantitative estimate of drug-likeness (QED) is 0.910. The number of hydrogen-bond donors (Lipinski definition) is 1. The fraction of sp³-hybridized carbons (Fsp3) is 0.312. The van der Waals surface area contributed by atoms with Gasteiger partial charge < -0.3 is 14.3 Å². The van der Waals surface area contributed by atoms with Crippen LogP contribution >= 0.6 is 0 Å². The number of rotatable bonds is 5. The summed E-state index contributed by atoms with van der Waals surface area (Å²) in [6, 6.07) is 10.4. The summed E-state index contributed by atoms with van der Waals surface area (Å²) in [6.45, 7) is 2.03. The van der Waals surface area contributed by atoms with E-state index < -0.39 is 5.63 Å². The lowest BCUT2D eigenvalue weighted by molar-refractivity contribution is 0.393. The molecule has 4 heteroatoms. The first-order valence-corrected chi connectivity index (χ1v) is 6.59. The highest BCUT2D eigenvalue weighted by atomic mass is 16.5. The van der Waals surface area contributed by atoms with Crippen LogP contribution in [-0.2, 0) is 6.42 Å². The van der Waals surface area contributed by atoms with E-state index in [0.29, 0.717) is 5.76 Å². The summed E-state index contributed by atoms with van der Waals surface area (Å²) in [7, 11) is 1.63. The molecule has 1 aromatic carbocycles. The van der Waals surface area contributed by atoms with Gasteiger partial charge in [0.15, 0.2) is 0 Å². The van der Waals surface area contributed by atoms with Crippen LogP contribution in [0, 0.1) is 0 Å². The van der Waals surface area contributed by atoms with Gasteiger partial charge in [-0.25, -0.2) is 4.79 Å². The topological polar surface area (TPSA) is 59.7 Å². The molecule has 0 radical (unpaired) electrons. The Bertz CT molecular complexity index is 613. The third-order valence-corrected chi connectivity index (χ3v) is 3.31. The van der Waals surface area contributed by atoms with Gasteiger partial charge in [0.25, 0.3) is 0 Å². The van der Waals surface area contributed by atoms with Crippen LogP contribution in [0.4, 0.5) is 0 Å².